The molecular formula is C18H19N3O2S. The Balaban J connectivity index is 1.71. The lowest BCUT2D eigenvalue weighted by atomic mass is 10.2. The first-order valence-corrected chi connectivity index (χ1v) is 8.55. The second-order valence-electron chi connectivity index (χ2n) is 5.54. The van der Waals surface area contributed by atoms with Crippen molar-refractivity contribution in [3.8, 4) is 0 Å². The van der Waals surface area contributed by atoms with Gasteiger partial charge >= 0.3 is 0 Å². The molecule has 0 fully saturated rings. The van der Waals surface area contributed by atoms with Crippen LogP contribution < -0.4 is 5.32 Å². The number of hydrogen-bond acceptors (Lipinski definition) is 4. The second kappa shape index (κ2) is 7.31. The van der Waals surface area contributed by atoms with E-state index in [0.717, 1.165) is 17.0 Å². The number of thiophene rings is 1. The lowest BCUT2D eigenvalue weighted by molar-refractivity contribution is -0.116. The van der Waals surface area contributed by atoms with Crippen LogP contribution in [0.2, 0.25) is 0 Å². The number of carbonyl (C=O) groups is 1. The van der Waals surface area contributed by atoms with Crippen molar-refractivity contribution in [2.24, 2.45) is 0 Å². The summed E-state index contributed by atoms with van der Waals surface area (Å²) in [6.07, 6.45) is 6.40. The first kappa shape index (κ1) is 16.3. The lowest BCUT2D eigenvalue weighted by Crippen LogP contribution is -2.30. The molecule has 1 unspecified atom stereocenters. The number of rotatable bonds is 6. The largest absolute Gasteiger partial charge is 0.472 e. The Hall–Kier alpha value is -2.60. The summed E-state index contributed by atoms with van der Waals surface area (Å²) in [6, 6.07) is 7.92. The zero-order chi connectivity index (χ0) is 16.9. The van der Waals surface area contributed by atoms with E-state index in [2.05, 4.69) is 16.5 Å². The quantitative estimate of drug-likeness (QED) is 0.697. The fraction of sp³-hybridized carbons (Fsp3) is 0.222. The Morgan fingerprint density at radius 2 is 2.33 bits per heavy atom. The molecule has 0 aromatic carbocycles. The van der Waals surface area contributed by atoms with E-state index in [0.29, 0.717) is 6.54 Å². The first-order chi connectivity index (χ1) is 11.6. The summed E-state index contributed by atoms with van der Waals surface area (Å²) < 4.78 is 6.95. The van der Waals surface area contributed by atoms with Gasteiger partial charge in [0.25, 0.3) is 0 Å². The summed E-state index contributed by atoms with van der Waals surface area (Å²) in [6.45, 7) is 4.49. The average molecular weight is 341 g/mol. The van der Waals surface area contributed by atoms with Crippen LogP contribution in [0.15, 0.2) is 52.7 Å². The minimum atomic E-state index is -0.140. The summed E-state index contributed by atoms with van der Waals surface area (Å²) in [4.78, 5) is 13.2. The van der Waals surface area contributed by atoms with Crippen LogP contribution in [0.25, 0.3) is 6.08 Å². The van der Waals surface area contributed by atoms with Crippen molar-refractivity contribution in [3.63, 3.8) is 0 Å². The number of nitrogens with zero attached hydrogens (tertiary/aromatic N) is 2. The number of amides is 1. The topological polar surface area (TPSA) is 60.1 Å². The molecule has 0 aliphatic carbocycles. The van der Waals surface area contributed by atoms with Gasteiger partial charge in [0.1, 0.15) is 6.04 Å². The highest BCUT2D eigenvalue weighted by molar-refractivity contribution is 7.10. The molecule has 0 spiro atoms. The van der Waals surface area contributed by atoms with Crippen LogP contribution in [0.3, 0.4) is 0 Å². The van der Waals surface area contributed by atoms with Gasteiger partial charge in [0.15, 0.2) is 0 Å². The van der Waals surface area contributed by atoms with E-state index in [1.165, 1.54) is 11.0 Å². The third-order valence-electron chi connectivity index (χ3n) is 3.65. The van der Waals surface area contributed by atoms with Gasteiger partial charge in [-0.3, -0.25) is 9.48 Å². The fourth-order valence-electron chi connectivity index (χ4n) is 2.55. The smallest absolute Gasteiger partial charge is 0.244 e. The first-order valence-electron chi connectivity index (χ1n) is 7.68. The molecule has 1 N–H and O–H groups in total. The van der Waals surface area contributed by atoms with Crippen LogP contribution in [0.5, 0.6) is 0 Å². The molecule has 0 aliphatic heterocycles. The molecule has 124 valence electrons. The summed E-state index contributed by atoms with van der Waals surface area (Å²) >= 11 is 1.66. The molecule has 3 aromatic rings. The van der Waals surface area contributed by atoms with Gasteiger partial charge in [-0.25, -0.2) is 0 Å². The standard InChI is InChI=1S/C18H19N3O2S/c1-13-10-14(2)21(20-13)16(17-4-3-9-24-17)11-19-18(22)6-5-15-7-8-23-12-15/h3-10,12,16H,11H2,1-2H3,(H,19,22)/b6-5+. The summed E-state index contributed by atoms with van der Waals surface area (Å²) in [5.41, 5.74) is 2.91. The molecule has 0 aliphatic rings. The van der Waals surface area contributed by atoms with Gasteiger partial charge in [-0.1, -0.05) is 6.07 Å². The van der Waals surface area contributed by atoms with Crippen molar-refractivity contribution >= 4 is 23.3 Å². The molecule has 0 saturated carbocycles. The number of nitrogens with one attached hydrogen (secondary N) is 1. The molecule has 3 aromatic heterocycles. The van der Waals surface area contributed by atoms with Gasteiger partial charge in [0.05, 0.1) is 18.2 Å². The zero-order valence-corrected chi connectivity index (χ0v) is 14.4. The molecule has 0 saturated heterocycles. The van der Waals surface area contributed by atoms with Gasteiger partial charge < -0.3 is 9.73 Å². The molecular weight excluding hydrogens is 322 g/mol. The SMILES string of the molecule is Cc1cc(C)n(C(CNC(=O)/C=C/c2ccoc2)c2cccs2)n1. The maximum absolute atomic E-state index is 12.1. The normalized spacial score (nSPS) is 12.6. The third kappa shape index (κ3) is 3.83. The Kier molecular flexibility index (Phi) is 4.96. The van der Waals surface area contributed by atoms with E-state index in [9.17, 15) is 4.79 Å². The summed E-state index contributed by atoms with van der Waals surface area (Å²) in [7, 11) is 0. The zero-order valence-electron chi connectivity index (χ0n) is 13.6. The van der Waals surface area contributed by atoms with Crippen molar-refractivity contribution in [1.82, 2.24) is 15.1 Å². The van der Waals surface area contributed by atoms with Crippen LogP contribution in [0, 0.1) is 13.8 Å². The van der Waals surface area contributed by atoms with Crippen LogP contribution in [0.1, 0.15) is 27.9 Å². The van der Waals surface area contributed by atoms with Gasteiger partial charge in [-0.2, -0.15) is 5.10 Å². The van der Waals surface area contributed by atoms with E-state index in [4.69, 9.17) is 4.42 Å². The van der Waals surface area contributed by atoms with Crippen LogP contribution in [-0.2, 0) is 4.79 Å². The maximum Gasteiger partial charge on any atom is 0.244 e. The monoisotopic (exact) mass is 341 g/mol. The van der Waals surface area contributed by atoms with Crippen LogP contribution in [0.4, 0.5) is 0 Å². The molecule has 6 heteroatoms. The van der Waals surface area contributed by atoms with E-state index in [1.807, 2.05) is 36.0 Å². The Bertz CT molecular complexity index is 817. The van der Waals surface area contributed by atoms with Gasteiger partial charge in [0, 0.05) is 28.8 Å². The van der Waals surface area contributed by atoms with Crippen LogP contribution in [-0.4, -0.2) is 22.2 Å². The number of aryl methyl sites for hydroxylation is 2. The highest BCUT2D eigenvalue weighted by atomic mass is 32.1. The van der Waals surface area contributed by atoms with E-state index in [-0.39, 0.29) is 11.9 Å². The minimum Gasteiger partial charge on any atom is -0.472 e. The number of carbonyl (C=O) groups excluding carboxylic acids is 1. The number of hydrogen-bond donors (Lipinski definition) is 1. The van der Waals surface area contributed by atoms with E-state index < -0.39 is 0 Å². The van der Waals surface area contributed by atoms with Gasteiger partial charge in [-0.05, 0) is 43.5 Å². The van der Waals surface area contributed by atoms with Gasteiger partial charge in [-0.15, -0.1) is 11.3 Å². The molecule has 5 nitrogen and oxygen atoms in total. The van der Waals surface area contributed by atoms with Crippen molar-refractivity contribution in [2.45, 2.75) is 19.9 Å². The Morgan fingerprint density at radius 1 is 1.46 bits per heavy atom. The summed E-state index contributed by atoms with van der Waals surface area (Å²) in [5.74, 6) is -0.140. The van der Waals surface area contributed by atoms with Crippen molar-refractivity contribution in [2.75, 3.05) is 6.54 Å². The molecule has 0 bridgehead atoms. The lowest BCUT2D eigenvalue weighted by Gasteiger charge is -2.18. The molecule has 3 rings (SSSR count). The second-order valence-corrected chi connectivity index (χ2v) is 6.52. The van der Waals surface area contributed by atoms with Crippen LogP contribution >= 0.6 is 11.3 Å². The fourth-order valence-corrected chi connectivity index (χ4v) is 3.36. The number of aromatic nitrogens is 2. The number of furan rings is 1. The highest BCUT2D eigenvalue weighted by Crippen LogP contribution is 2.24. The molecule has 1 atom stereocenters. The van der Waals surface area contributed by atoms with Crippen molar-refractivity contribution in [1.29, 1.82) is 0 Å². The molecule has 1 amide bonds. The molecule has 3 heterocycles. The molecule has 0 radical (unpaired) electrons. The Morgan fingerprint density at radius 3 is 2.96 bits per heavy atom. The minimum absolute atomic E-state index is 0.00928. The van der Waals surface area contributed by atoms with Gasteiger partial charge in [0.2, 0.25) is 5.91 Å². The Labute approximate surface area is 144 Å². The third-order valence-corrected chi connectivity index (χ3v) is 4.62. The summed E-state index contributed by atoms with van der Waals surface area (Å²) in [5, 5.41) is 9.57. The van der Waals surface area contributed by atoms with Crippen molar-refractivity contribution in [3.05, 3.63) is 70.1 Å². The maximum atomic E-state index is 12.1. The van der Waals surface area contributed by atoms with E-state index in [1.54, 1.807) is 36.0 Å². The van der Waals surface area contributed by atoms with Crippen molar-refractivity contribution < 1.29 is 9.21 Å². The van der Waals surface area contributed by atoms with E-state index >= 15 is 0 Å². The average Bonchev–Trinajstić information content (AvgIpc) is 3.29. The molecule has 24 heavy (non-hydrogen) atoms. The predicted molar refractivity (Wildman–Crippen MR) is 94.9 cm³/mol. The highest BCUT2D eigenvalue weighted by Gasteiger charge is 2.18. The predicted octanol–water partition coefficient (Wildman–Crippen LogP) is 3.57.